The van der Waals surface area contributed by atoms with Crippen molar-refractivity contribution in [3.8, 4) is 0 Å². The van der Waals surface area contributed by atoms with Crippen LogP contribution < -0.4 is 10.7 Å². The van der Waals surface area contributed by atoms with Gasteiger partial charge < -0.3 is 10.1 Å². The van der Waals surface area contributed by atoms with Crippen molar-refractivity contribution in [3.05, 3.63) is 57.1 Å². The Morgan fingerprint density at radius 3 is 2.88 bits per heavy atom. The van der Waals surface area contributed by atoms with Crippen LogP contribution in [0.25, 0.3) is 10.9 Å². The SMILES string of the molecule is CCOC(=O)c1c(NC(=O)C(=O)N/N=C\c2cc3ccccc3nc2Cl)sc2c1CC[C@@H](C)C2. The number of ether oxygens (including phenoxy) is 1. The zero-order chi connectivity index (χ0) is 24.2. The number of aromatic nitrogens is 1. The number of rotatable bonds is 5. The molecule has 3 aromatic rings. The Bertz CT molecular complexity index is 1300. The highest BCUT2D eigenvalue weighted by molar-refractivity contribution is 7.17. The standard InChI is InChI=1S/C24H23ClN4O4S/c1-3-33-24(32)19-16-9-8-13(2)10-18(16)34-23(19)28-21(30)22(31)29-26-12-15-11-14-6-4-5-7-17(14)27-20(15)25/h4-7,11-13H,3,8-10H2,1-2H3,(H,28,30)(H,29,31)/b26-12-/t13-/m1/s1. The monoisotopic (exact) mass is 498 g/mol. The van der Waals surface area contributed by atoms with Crippen molar-refractivity contribution in [2.75, 3.05) is 11.9 Å². The Balaban J connectivity index is 1.47. The number of hydrogen-bond acceptors (Lipinski definition) is 7. The second-order valence-electron chi connectivity index (χ2n) is 7.99. The van der Waals surface area contributed by atoms with Crippen LogP contribution in [0.2, 0.25) is 5.15 Å². The van der Waals surface area contributed by atoms with E-state index in [1.54, 1.807) is 13.0 Å². The quantitative estimate of drug-likeness (QED) is 0.179. The summed E-state index contributed by atoms with van der Waals surface area (Å²) in [7, 11) is 0. The number of benzene rings is 1. The maximum absolute atomic E-state index is 12.6. The fourth-order valence-electron chi connectivity index (χ4n) is 3.83. The molecule has 34 heavy (non-hydrogen) atoms. The molecule has 0 aliphatic heterocycles. The number of nitrogens with one attached hydrogen (secondary N) is 2. The fourth-order valence-corrected chi connectivity index (χ4v) is 5.42. The van der Waals surface area contributed by atoms with E-state index < -0.39 is 17.8 Å². The molecule has 2 N–H and O–H groups in total. The molecule has 0 bridgehead atoms. The summed E-state index contributed by atoms with van der Waals surface area (Å²) in [5.41, 5.74) is 4.65. The summed E-state index contributed by atoms with van der Waals surface area (Å²) in [6.45, 7) is 4.09. The van der Waals surface area contributed by atoms with Crippen LogP contribution in [0.3, 0.4) is 0 Å². The third kappa shape index (κ3) is 5.10. The molecule has 176 valence electrons. The molecule has 8 nitrogen and oxygen atoms in total. The van der Waals surface area contributed by atoms with Gasteiger partial charge in [-0.1, -0.05) is 36.7 Å². The number of fused-ring (bicyclic) bond motifs is 2. The van der Waals surface area contributed by atoms with Crippen LogP contribution in [0.1, 0.15) is 46.6 Å². The summed E-state index contributed by atoms with van der Waals surface area (Å²) in [6.07, 6.45) is 3.82. The Kier molecular flexibility index (Phi) is 7.23. The first-order valence-corrected chi connectivity index (χ1v) is 12.1. The Labute approximate surface area is 205 Å². The van der Waals surface area contributed by atoms with E-state index in [-0.39, 0.29) is 11.8 Å². The first-order chi connectivity index (χ1) is 16.4. The molecule has 0 saturated heterocycles. The van der Waals surface area contributed by atoms with Crippen molar-refractivity contribution in [2.24, 2.45) is 11.0 Å². The van der Waals surface area contributed by atoms with Gasteiger partial charge in [0.15, 0.2) is 0 Å². The van der Waals surface area contributed by atoms with Crippen LogP contribution in [-0.4, -0.2) is 35.6 Å². The summed E-state index contributed by atoms with van der Waals surface area (Å²) in [5, 5.41) is 7.80. The van der Waals surface area contributed by atoms with Gasteiger partial charge in [-0.2, -0.15) is 5.10 Å². The first kappa shape index (κ1) is 23.8. The topological polar surface area (TPSA) is 110 Å². The lowest BCUT2D eigenvalue weighted by atomic mass is 9.88. The molecule has 2 heterocycles. The summed E-state index contributed by atoms with van der Waals surface area (Å²) in [5.74, 6) is -1.92. The van der Waals surface area contributed by atoms with Gasteiger partial charge in [0, 0.05) is 15.8 Å². The number of amides is 2. The molecule has 2 amide bonds. The van der Waals surface area contributed by atoms with E-state index in [9.17, 15) is 14.4 Å². The highest BCUT2D eigenvalue weighted by Gasteiger charge is 2.30. The van der Waals surface area contributed by atoms with Crippen molar-refractivity contribution in [1.29, 1.82) is 0 Å². The van der Waals surface area contributed by atoms with Gasteiger partial charge in [0.2, 0.25) is 0 Å². The van der Waals surface area contributed by atoms with Crippen LogP contribution in [0.4, 0.5) is 5.00 Å². The summed E-state index contributed by atoms with van der Waals surface area (Å²) in [6, 6.07) is 9.23. The first-order valence-electron chi connectivity index (χ1n) is 10.9. The maximum Gasteiger partial charge on any atom is 0.341 e. The van der Waals surface area contributed by atoms with Crippen LogP contribution in [-0.2, 0) is 27.2 Å². The largest absolute Gasteiger partial charge is 0.462 e. The Morgan fingerprint density at radius 2 is 2.09 bits per heavy atom. The molecule has 4 rings (SSSR count). The highest BCUT2D eigenvalue weighted by atomic mass is 35.5. The van der Waals surface area contributed by atoms with Gasteiger partial charge in [-0.25, -0.2) is 15.2 Å². The van der Waals surface area contributed by atoms with E-state index in [4.69, 9.17) is 16.3 Å². The molecule has 0 unspecified atom stereocenters. The van der Waals surface area contributed by atoms with E-state index in [2.05, 4.69) is 27.8 Å². The van der Waals surface area contributed by atoms with Crippen LogP contribution >= 0.6 is 22.9 Å². The number of hydrazone groups is 1. The number of pyridine rings is 1. The van der Waals surface area contributed by atoms with E-state index in [1.165, 1.54) is 17.6 Å². The summed E-state index contributed by atoms with van der Waals surface area (Å²) >= 11 is 7.50. The number of thiophene rings is 1. The lowest BCUT2D eigenvalue weighted by molar-refractivity contribution is -0.136. The van der Waals surface area contributed by atoms with E-state index in [0.717, 1.165) is 40.6 Å². The van der Waals surface area contributed by atoms with Gasteiger partial charge in [0.05, 0.1) is 23.9 Å². The number of nitrogens with zero attached hydrogens (tertiary/aromatic N) is 2. The number of esters is 1. The van der Waals surface area contributed by atoms with Gasteiger partial charge >= 0.3 is 17.8 Å². The van der Waals surface area contributed by atoms with E-state index in [1.807, 2.05) is 24.3 Å². The maximum atomic E-state index is 12.6. The number of halogens is 1. The van der Waals surface area contributed by atoms with Crippen LogP contribution in [0.5, 0.6) is 0 Å². The average Bonchev–Trinajstić information content (AvgIpc) is 3.16. The molecule has 0 radical (unpaired) electrons. The van der Waals surface area contributed by atoms with Crippen molar-refractivity contribution in [1.82, 2.24) is 10.4 Å². The number of anilines is 1. The predicted octanol–water partition coefficient (Wildman–Crippen LogP) is 4.34. The molecule has 0 saturated carbocycles. The second-order valence-corrected chi connectivity index (χ2v) is 9.45. The van der Waals surface area contributed by atoms with Crippen molar-refractivity contribution in [2.45, 2.75) is 33.1 Å². The number of carbonyl (C=O) groups is 3. The summed E-state index contributed by atoms with van der Waals surface area (Å²) < 4.78 is 5.19. The Hall–Kier alpha value is -3.30. The van der Waals surface area contributed by atoms with E-state index in [0.29, 0.717) is 22.0 Å². The van der Waals surface area contributed by atoms with Gasteiger partial charge in [0.25, 0.3) is 0 Å². The Morgan fingerprint density at radius 1 is 1.29 bits per heavy atom. The minimum absolute atomic E-state index is 0.217. The molecule has 2 aromatic heterocycles. The fraction of sp³-hybridized carbons (Fsp3) is 0.292. The molecule has 1 atom stereocenters. The third-order valence-corrected chi connectivity index (χ3v) is 6.97. The van der Waals surface area contributed by atoms with Gasteiger partial charge in [0.1, 0.15) is 10.2 Å². The molecule has 1 aliphatic rings. The van der Waals surface area contributed by atoms with Crippen LogP contribution in [0, 0.1) is 5.92 Å². The van der Waals surface area contributed by atoms with Gasteiger partial charge in [-0.3, -0.25) is 9.59 Å². The molecule has 1 aliphatic carbocycles. The zero-order valence-electron chi connectivity index (χ0n) is 18.7. The third-order valence-electron chi connectivity index (χ3n) is 5.50. The molecular weight excluding hydrogens is 476 g/mol. The van der Waals surface area contributed by atoms with Crippen molar-refractivity contribution >= 4 is 62.8 Å². The van der Waals surface area contributed by atoms with E-state index >= 15 is 0 Å². The lowest BCUT2D eigenvalue weighted by Crippen LogP contribution is -2.32. The van der Waals surface area contributed by atoms with Gasteiger partial charge in [-0.15, -0.1) is 11.3 Å². The number of para-hydroxylation sites is 1. The van der Waals surface area contributed by atoms with Crippen LogP contribution in [0.15, 0.2) is 35.4 Å². The van der Waals surface area contributed by atoms with Crippen molar-refractivity contribution in [3.63, 3.8) is 0 Å². The molecular formula is C24H23ClN4O4S. The predicted molar refractivity (Wildman–Crippen MR) is 133 cm³/mol. The molecule has 0 spiro atoms. The normalized spacial score (nSPS) is 15.2. The minimum Gasteiger partial charge on any atom is -0.462 e. The minimum atomic E-state index is -0.976. The number of carbonyl (C=O) groups excluding carboxylic acids is 3. The highest BCUT2D eigenvalue weighted by Crippen LogP contribution is 2.40. The summed E-state index contributed by atoms with van der Waals surface area (Å²) in [4.78, 5) is 42.8. The zero-order valence-corrected chi connectivity index (χ0v) is 20.3. The van der Waals surface area contributed by atoms with Gasteiger partial charge in [-0.05, 0) is 49.8 Å². The second kappa shape index (κ2) is 10.3. The average molecular weight is 499 g/mol. The lowest BCUT2D eigenvalue weighted by Gasteiger charge is -2.18. The molecule has 10 heteroatoms. The molecule has 0 fully saturated rings. The van der Waals surface area contributed by atoms with Crippen molar-refractivity contribution < 1.29 is 19.1 Å². The number of hydrogen-bond donors (Lipinski definition) is 2. The smallest absolute Gasteiger partial charge is 0.341 e. The molecule has 1 aromatic carbocycles.